The maximum Gasteiger partial charge on any atom is 0.150 e. The Morgan fingerprint density at radius 1 is 1.56 bits per heavy atom. The highest BCUT2D eigenvalue weighted by Gasteiger charge is 2.23. The third-order valence-electron chi connectivity index (χ3n) is 3.33. The van der Waals surface area contributed by atoms with Gasteiger partial charge >= 0.3 is 0 Å². The highest BCUT2D eigenvalue weighted by atomic mass is 16.5. The zero-order valence-corrected chi connectivity index (χ0v) is 11.7. The third-order valence-corrected chi connectivity index (χ3v) is 3.33. The number of hydrogen-bond donors (Lipinski definition) is 0. The van der Waals surface area contributed by atoms with Gasteiger partial charge in [0.25, 0.3) is 0 Å². The minimum absolute atomic E-state index is 0.396. The summed E-state index contributed by atoms with van der Waals surface area (Å²) in [7, 11) is 0. The second-order valence-corrected chi connectivity index (χ2v) is 5.63. The fraction of sp³-hybridized carbons (Fsp3) is 0.786. The second-order valence-electron chi connectivity index (χ2n) is 5.63. The number of ether oxygens (including phenoxy) is 1. The largest absolute Gasteiger partial charge is 0.377 e. The van der Waals surface area contributed by atoms with E-state index in [1.54, 1.807) is 0 Å². The van der Waals surface area contributed by atoms with E-state index in [0.717, 1.165) is 56.5 Å². The van der Waals surface area contributed by atoms with Crippen LogP contribution in [0.4, 0.5) is 0 Å². The van der Waals surface area contributed by atoms with E-state index in [4.69, 9.17) is 9.26 Å². The average Bonchev–Trinajstić information content (AvgIpc) is 2.89. The predicted molar refractivity (Wildman–Crippen MR) is 70.3 cm³/mol. The van der Waals surface area contributed by atoms with Crippen molar-refractivity contribution in [3.05, 3.63) is 17.5 Å². The first-order chi connectivity index (χ1) is 8.63. The molecule has 1 aromatic rings. The number of aryl methyl sites for hydroxylation is 1. The zero-order chi connectivity index (χ0) is 13.0. The molecule has 18 heavy (non-hydrogen) atoms. The van der Waals surface area contributed by atoms with Crippen LogP contribution in [0.2, 0.25) is 0 Å². The first-order valence-electron chi connectivity index (χ1n) is 6.89. The summed E-state index contributed by atoms with van der Waals surface area (Å²) in [5, 5.41) is 3.91. The molecule has 4 nitrogen and oxygen atoms in total. The molecule has 1 aliphatic heterocycles. The van der Waals surface area contributed by atoms with E-state index >= 15 is 0 Å². The molecule has 1 aliphatic rings. The summed E-state index contributed by atoms with van der Waals surface area (Å²) in [5.41, 5.74) is 0.953. The van der Waals surface area contributed by atoms with E-state index in [-0.39, 0.29) is 0 Å². The Bertz CT molecular complexity index is 362. The lowest BCUT2D eigenvalue weighted by atomic mass is 10.1. The molecule has 0 amide bonds. The lowest BCUT2D eigenvalue weighted by Gasteiger charge is -2.15. The summed E-state index contributed by atoms with van der Waals surface area (Å²) in [6.45, 7) is 10.3. The minimum Gasteiger partial charge on any atom is -0.377 e. The third kappa shape index (κ3) is 4.10. The van der Waals surface area contributed by atoms with E-state index in [2.05, 4.69) is 23.9 Å². The number of hydrogen-bond acceptors (Lipinski definition) is 4. The molecule has 1 saturated heterocycles. The normalized spacial score (nSPS) is 21.0. The fourth-order valence-electron chi connectivity index (χ4n) is 2.26. The predicted octanol–water partition coefficient (Wildman–Crippen LogP) is 2.62. The van der Waals surface area contributed by atoms with Gasteiger partial charge < -0.3 is 9.26 Å². The number of likely N-dealkylation sites (tertiary alicyclic amines) is 1. The van der Waals surface area contributed by atoms with Crippen LogP contribution in [0.15, 0.2) is 10.6 Å². The Labute approximate surface area is 109 Å². The highest BCUT2D eigenvalue weighted by molar-refractivity contribution is 5.03. The van der Waals surface area contributed by atoms with Crippen molar-refractivity contribution in [2.75, 3.05) is 19.7 Å². The Hall–Kier alpha value is -0.870. The number of nitrogens with zero attached hydrogens (tertiary/aromatic N) is 2. The van der Waals surface area contributed by atoms with Crippen LogP contribution in [-0.2, 0) is 11.3 Å². The highest BCUT2D eigenvalue weighted by Crippen LogP contribution is 2.17. The summed E-state index contributed by atoms with van der Waals surface area (Å²) in [4.78, 5) is 2.37. The summed E-state index contributed by atoms with van der Waals surface area (Å²) < 4.78 is 11.1. The lowest BCUT2D eigenvalue weighted by Crippen LogP contribution is -2.23. The molecule has 0 bridgehead atoms. The van der Waals surface area contributed by atoms with Gasteiger partial charge in [0, 0.05) is 25.8 Å². The maximum atomic E-state index is 5.90. The summed E-state index contributed by atoms with van der Waals surface area (Å²) in [5.74, 6) is 1.68. The first kappa shape index (κ1) is 13.6. The molecule has 1 unspecified atom stereocenters. The van der Waals surface area contributed by atoms with Crippen molar-refractivity contribution in [1.29, 1.82) is 0 Å². The standard InChI is InChI=1S/C14H24N2O2/c1-11(2)5-7-17-13-4-6-16(9-13)10-14-8-12(3)15-18-14/h8,11,13H,4-7,9-10H2,1-3H3. The molecule has 0 radical (unpaired) electrons. The SMILES string of the molecule is Cc1cc(CN2CCC(OCCC(C)C)C2)on1. The van der Waals surface area contributed by atoms with Crippen molar-refractivity contribution >= 4 is 0 Å². The molecule has 0 aliphatic carbocycles. The van der Waals surface area contributed by atoms with E-state index in [0.29, 0.717) is 6.10 Å². The molecule has 1 atom stereocenters. The van der Waals surface area contributed by atoms with Crippen LogP contribution in [-0.4, -0.2) is 35.9 Å². The van der Waals surface area contributed by atoms with Crippen molar-refractivity contribution in [1.82, 2.24) is 10.1 Å². The van der Waals surface area contributed by atoms with Gasteiger partial charge in [-0.15, -0.1) is 0 Å². The van der Waals surface area contributed by atoms with Crippen molar-refractivity contribution in [3.63, 3.8) is 0 Å². The van der Waals surface area contributed by atoms with Gasteiger partial charge in [-0.05, 0) is 25.7 Å². The van der Waals surface area contributed by atoms with Gasteiger partial charge in [0.2, 0.25) is 0 Å². The lowest BCUT2D eigenvalue weighted by molar-refractivity contribution is 0.0512. The Kier molecular flexibility index (Phi) is 4.78. The van der Waals surface area contributed by atoms with Crippen LogP contribution in [0, 0.1) is 12.8 Å². The molecular formula is C14H24N2O2. The fourth-order valence-corrected chi connectivity index (χ4v) is 2.26. The molecule has 0 saturated carbocycles. The monoisotopic (exact) mass is 252 g/mol. The van der Waals surface area contributed by atoms with E-state index in [9.17, 15) is 0 Å². The molecule has 4 heteroatoms. The summed E-state index contributed by atoms with van der Waals surface area (Å²) in [6.07, 6.45) is 2.68. The van der Waals surface area contributed by atoms with Gasteiger partial charge in [0.15, 0.2) is 5.76 Å². The Morgan fingerprint density at radius 2 is 2.39 bits per heavy atom. The summed E-state index contributed by atoms with van der Waals surface area (Å²) in [6, 6.07) is 2.01. The van der Waals surface area contributed by atoms with E-state index in [1.165, 1.54) is 0 Å². The average molecular weight is 252 g/mol. The second kappa shape index (κ2) is 6.34. The Morgan fingerprint density at radius 3 is 3.06 bits per heavy atom. The quantitative estimate of drug-likeness (QED) is 0.780. The number of rotatable bonds is 6. The van der Waals surface area contributed by atoms with Crippen molar-refractivity contribution < 1.29 is 9.26 Å². The molecule has 0 N–H and O–H groups in total. The maximum absolute atomic E-state index is 5.90. The molecule has 102 valence electrons. The van der Waals surface area contributed by atoms with E-state index < -0.39 is 0 Å². The smallest absolute Gasteiger partial charge is 0.150 e. The van der Waals surface area contributed by atoms with Crippen LogP contribution in [0.25, 0.3) is 0 Å². The van der Waals surface area contributed by atoms with Crippen molar-refractivity contribution in [2.45, 2.75) is 46.3 Å². The zero-order valence-electron chi connectivity index (χ0n) is 11.7. The van der Waals surface area contributed by atoms with Gasteiger partial charge in [-0.25, -0.2) is 0 Å². The number of aromatic nitrogens is 1. The molecular weight excluding hydrogens is 228 g/mol. The molecule has 1 aromatic heterocycles. The van der Waals surface area contributed by atoms with Crippen LogP contribution < -0.4 is 0 Å². The van der Waals surface area contributed by atoms with Crippen LogP contribution >= 0.6 is 0 Å². The first-order valence-corrected chi connectivity index (χ1v) is 6.89. The van der Waals surface area contributed by atoms with Crippen molar-refractivity contribution in [3.8, 4) is 0 Å². The minimum atomic E-state index is 0.396. The van der Waals surface area contributed by atoms with Crippen molar-refractivity contribution in [2.24, 2.45) is 5.92 Å². The van der Waals surface area contributed by atoms with Crippen LogP contribution in [0.5, 0.6) is 0 Å². The van der Waals surface area contributed by atoms with Gasteiger partial charge in [0.05, 0.1) is 18.3 Å². The van der Waals surface area contributed by atoms with E-state index in [1.807, 2.05) is 13.0 Å². The van der Waals surface area contributed by atoms with Crippen LogP contribution in [0.1, 0.15) is 38.1 Å². The molecule has 0 aromatic carbocycles. The topological polar surface area (TPSA) is 38.5 Å². The molecule has 2 heterocycles. The summed E-state index contributed by atoms with van der Waals surface area (Å²) >= 11 is 0. The van der Waals surface area contributed by atoms with Gasteiger partial charge in [0.1, 0.15) is 0 Å². The molecule has 2 rings (SSSR count). The van der Waals surface area contributed by atoms with Gasteiger partial charge in [-0.2, -0.15) is 0 Å². The van der Waals surface area contributed by atoms with Gasteiger partial charge in [-0.3, -0.25) is 4.90 Å². The van der Waals surface area contributed by atoms with Gasteiger partial charge in [-0.1, -0.05) is 19.0 Å². The molecule has 1 fully saturated rings. The Balaban J connectivity index is 1.68. The molecule has 0 spiro atoms. The van der Waals surface area contributed by atoms with Crippen LogP contribution in [0.3, 0.4) is 0 Å².